The third-order valence-corrected chi connectivity index (χ3v) is 10.2. The molecule has 0 aliphatic rings. The van der Waals surface area contributed by atoms with Gasteiger partial charge in [-0.1, -0.05) is 121 Å². The molecule has 0 aliphatic carbocycles. The number of hydrogen-bond donors (Lipinski definition) is 0. The second-order valence-corrected chi connectivity index (χ2v) is 11.8. The highest BCUT2D eigenvalue weighted by Gasteiger charge is 2.27. The Morgan fingerprint density at radius 2 is 0.719 bits per heavy atom. The summed E-state index contributed by atoms with van der Waals surface area (Å²) in [4.78, 5) is 27.0. The van der Waals surface area contributed by atoms with E-state index in [1.807, 2.05) is 121 Å². The zero-order valence-corrected chi connectivity index (χ0v) is 19.5. The molecule has 0 saturated heterocycles. The van der Waals surface area contributed by atoms with E-state index in [0.717, 1.165) is 21.7 Å². The van der Waals surface area contributed by atoms with Crippen molar-refractivity contribution in [3.63, 3.8) is 0 Å². The number of carbonyl (C=O) groups excluding carboxylic acids is 2. The summed E-state index contributed by atoms with van der Waals surface area (Å²) in [5.41, 5.74) is 1.81. The standard InChI is InChI=1S/C28H24O2P2/c29-27(23-13-5-1-6-14-23)31(25-17-9-3-10-18-25)21-22-32(26-19-11-4-12-20-26)28(30)24-15-7-2-8-16-24/h1-20H,21-22H2. The average molecular weight is 454 g/mol. The Balaban J connectivity index is 1.64. The molecule has 2 atom stereocenters. The van der Waals surface area contributed by atoms with Gasteiger partial charge in [0.2, 0.25) is 0 Å². The molecule has 0 saturated carbocycles. The maximum absolute atomic E-state index is 13.5. The zero-order chi connectivity index (χ0) is 22.2. The van der Waals surface area contributed by atoms with Crippen molar-refractivity contribution in [1.29, 1.82) is 0 Å². The molecule has 0 N–H and O–H groups in total. The summed E-state index contributed by atoms with van der Waals surface area (Å²) >= 11 is 0. The van der Waals surface area contributed by atoms with Crippen LogP contribution in [-0.4, -0.2) is 23.4 Å². The van der Waals surface area contributed by atoms with Crippen molar-refractivity contribution in [2.24, 2.45) is 0 Å². The predicted octanol–water partition coefficient (Wildman–Crippen LogP) is 6.28. The molecule has 2 nitrogen and oxygen atoms in total. The molecular formula is C28H24O2P2. The lowest BCUT2D eigenvalue weighted by molar-refractivity contribution is 0.107. The summed E-state index contributed by atoms with van der Waals surface area (Å²) in [5, 5.41) is 2.12. The van der Waals surface area contributed by atoms with Crippen molar-refractivity contribution in [3.05, 3.63) is 132 Å². The highest BCUT2D eigenvalue weighted by atomic mass is 31.1. The molecule has 4 aromatic carbocycles. The van der Waals surface area contributed by atoms with E-state index < -0.39 is 15.8 Å². The quantitative estimate of drug-likeness (QED) is 0.279. The van der Waals surface area contributed by atoms with Crippen molar-refractivity contribution in [1.82, 2.24) is 0 Å². The first kappa shape index (κ1) is 22.3. The largest absolute Gasteiger partial charge is 0.289 e. The molecular weight excluding hydrogens is 430 g/mol. The van der Waals surface area contributed by atoms with Gasteiger partial charge in [-0.15, -0.1) is 0 Å². The van der Waals surface area contributed by atoms with Gasteiger partial charge in [-0.2, -0.15) is 0 Å². The molecule has 0 spiro atoms. The first-order valence-electron chi connectivity index (χ1n) is 10.6. The van der Waals surface area contributed by atoms with Gasteiger partial charge in [-0.05, 0) is 22.9 Å². The summed E-state index contributed by atoms with van der Waals surface area (Å²) in [5.74, 6) is 0. The smallest absolute Gasteiger partial charge is 0.188 e. The lowest BCUT2D eigenvalue weighted by atomic mass is 10.2. The summed E-state index contributed by atoms with van der Waals surface area (Å²) < 4.78 is 0. The van der Waals surface area contributed by atoms with Crippen LogP contribution in [0.3, 0.4) is 0 Å². The van der Waals surface area contributed by atoms with Crippen LogP contribution in [0.25, 0.3) is 0 Å². The average Bonchev–Trinajstić information content (AvgIpc) is 2.88. The Labute approximate surface area is 191 Å². The van der Waals surface area contributed by atoms with Crippen LogP contribution in [0, 0.1) is 0 Å². The molecule has 2 unspecified atom stereocenters. The summed E-state index contributed by atoms with van der Waals surface area (Å²) in [6, 6.07) is 39.0. The first-order valence-corrected chi connectivity index (χ1v) is 13.6. The Bertz CT molecular complexity index is 1050. The molecule has 0 aromatic heterocycles. The topological polar surface area (TPSA) is 34.1 Å². The van der Waals surface area contributed by atoms with E-state index in [9.17, 15) is 9.59 Å². The second-order valence-electron chi connectivity index (χ2n) is 7.32. The highest BCUT2D eigenvalue weighted by Crippen LogP contribution is 2.45. The molecule has 0 bridgehead atoms. The normalized spacial score (nSPS) is 12.6. The van der Waals surface area contributed by atoms with Crippen molar-refractivity contribution in [2.75, 3.05) is 12.3 Å². The molecule has 158 valence electrons. The van der Waals surface area contributed by atoms with Crippen LogP contribution in [0.1, 0.15) is 20.7 Å². The van der Waals surface area contributed by atoms with Crippen molar-refractivity contribution < 1.29 is 9.59 Å². The van der Waals surface area contributed by atoms with E-state index in [1.54, 1.807) is 0 Å². The Morgan fingerprint density at radius 1 is 0.438 bits per heavy atom. The van der Waals surface area contributed by atoms with Crippen LogP contribution in [0.15, 0.2) is 121 Å². The summed E-state index contributed by atoms with van der Waals surface area (Å²) in [7, 11) is -2.17. The zero-order valence-electron chi connectivity index (χ0n) is 17.7. The molecule has 0 aliphatic heterocycles. The molecule has 32 heavy (non-hydrogen) atoms. The van der Waals surface area contributed by atoms with Crippen LogP contribution < -0.4 is 10.6 Å². The predicted molar refractivity (Wildman–Crippen MR) is 137 cm³/mol. The third kappa shape index (κ3) is 5.46. The Kier molecular flexibility index (Phi) is 7.73. The van der Waals surface area contributed by atoms with Gasteiger partial charge in [0.1, 0.15) is 0 Å². The molecule has 4 heteroatoms. The van der Waals surface area contributed by atoms with Crippen LogP contribution in [0.5, 0.6) is 0 Å². The number of rotatable bonds is 9. The fourth-order valence-corrected chi connectivity index (χ4v) is 8.56. The van der Waals surface area contributed by atoms with Gasteiger partial charge in [0.15, 0.2) is 11.0 Å². The first-order chi connectivity index (χ1) is 15.7. The fraction of sp³-hybridized carbons (Fsp3) is 0.0714. The van der Waals surface area contributed by atoms with E-state index in [1.165, 1.54) is 0 Å². The maximum atomic E-state index is 13.5. The second kappa shape index (κ2) is 11.1. The van der Waals surface area contributed by atoms with Crippen LogP contribution in [0.2, 0.25) is 0 Å². The monoisotopic (exact) mass is 454 g/mol. The van der Waals surface area contributed by atoms with E-state index >= 15 is 0 Å². The van der Waals surface area contributed by atoms with E-state index in [-0.39, 0.29) is 11.0 Å². The number of benzene rings is 4. The molecule has 4 aromatic rings. The van der Waals surface area contributed by atoms with Crippen LogP contribution in [-0.2, 0) is 0 Å². The minimum absolute atomic E-state index is 0.168. The van der Waals surface area contributed by atoms with Crippen molar-refractivity contribution >= 4 is 37.5 Å². The van der Waals surface area contributed by atoms with E-state index in [2.05, 4.69) is 0 Å². The van der Waals surface area contributed by atoms with Gasteiger partial charge in [0.05, 0.1) is 0 Å². The lowest BCUT2D eigenvalue weighted by Crippen LogP contribution is -2.17. The molecule has 0 radical (unpaired) electrons. The third-order valence-electron chi connectivity index (χ3n) is 5.21. The maximum Gasteiger partial charge on any atom is 0.188 e. The van der Waals surface area contributed by atoms with E-state index in [0.29, 0.717) is 12.3 Å². The highest BCUT2D eigenvalue weighted by molar-refractivity contribution is 7.85. The number of hydrogen-bond acceptors (Lipinski definition) is 2. The molecule has 0 amide bonds. The van der Waals surface area contributed by atoms with Crippen LogP contribution >= 0.6 is 15.8 Å². The van der Waals surface area contributed by atoms with Gasteiger partial charge >= 0.3 is 0 Å². The van der Waals surface area contributed by atoms with E-state index in [4.69, 9.17) is 0 Å². The Hall–Kier alpha value is -2.92. The van der Waals surface area contributed by atoms with Crippen molar-refractivity contribution in [2.45, 2.75) is 0 Å². The van der Waals surface area contributed by atoms with Gasteiger partial charge < -0.3 is 0 Å². The molecule has 0 fully saturated rings. The summed E-state index contributed by atoms with van der Waals surface area (Å²) in [6.07, 6.45) is 1.37. The Morgan fingerprint density at radius 3 is 1.03 bits per heavy atom. The lowest BCUT2D eigenvalue weighted by Gasteiger charge is -2.21. The fourth-order valence-electron chi connectivity index (χ4n) is 3.58. The van der Waals surface area contributed by atoms with Gasteiger partial charge in [-0.25, -0.2) is 0 Å². The van der Waals surface area contributed by atoms with Gasteiger partial charge in [0, 0.05) is 27.0 Å². The minimum Gasteiger partial charge on any atom is -0.289 e. The van der Waals surface area contributed by atoms with Crippen LogP contribution in [0.4, 0.5) is 0 Å². The van der Waals surface area contributed by atoms with Crippen molar-refractivity contribution in [3.8, 4) is 0 Å². The number of carbonyl (C=O) groups is 2. The molecule has 0 heterocycles. The van der Waals surface area contributed by atoms with Gasteiger partial charge in [0.25, 0.3) is 0 Å². The molecule has 4 rings (SSSR count). The SMILES string of the molecule is O=C(c1ccccc1)P(CCP(C(=O)c1ccccc1)c1ccccc1)c1ccccc1. The minimum atomic E-state index is -1.08. The summed E-state index contributed by atoms with van der Waals surface area (Å²) in [6.45, 7) is 0. The van der Waals surface area contributed by atoms with Gasteiger partial charge in [-0.3, -0.25) is 9.59 Å².